The van der Waals surface area contributed by atoms with Crippen LogP contribution >= 0.6 is 0 Å². The first-order valence-electron chi connectivity index (χ1n) is 32.3. The molecule has 0 aliphatic heterocycles. The Morgan fingerprint density at radius 2 is 0.515 bits per heavy atom. The van der Waals surface area contributed by atoms with E-state index >= 15 is 26.3 Å². The Labute approximate surface area is 566 Å². The maximum absolute atomic E-state index is 15.8. The van der Waals surface area contributed by atoms with Crippen LogP contribution in [0.25, 0.3) is 88.4 Å². The van der Waals surface area contributed by atoms with Gasteiger partial charge >= 0.3 is 12.4 Å². The van der Waals surface area contributed by atoms with Crippen molar-refractivity contribution in [3.8, 4) is 50.8 Å². The first-order chi connectivity index (χ1) is 48.4. The summed E-state index contributed by atoms with van der Waals surface area (Å²) in [6.45, 7) is 0. The average molecular weight is 1300 g/mol. The van der Waals surface area contributed by atoms with Crippen LogP contribution in [0.3, 0.4) is 0 Å². The lowest BCUT2D eigenvalue weighted by atomic mass is 9.80. The molecular weight excluding hydrogens is 1240 g/mol. The Kier molecular flexibility index (Phi) is 15.4. The second kappa shape index (κ2) is 25.0. The molecule has 14 aromatic carbocycles. The van der Waals surface area contributed by atoms with Crippen molar-refractivity contribution in [2.24, 2.45) is 0 Å². The fourth-order valence-corrected chi connectivity index (χ4v) is 14.2. The van der Waals surface area contributed by atoms with E-state index in [-0.39, 0.29) is 28.0 Å². The summed E-state index contributed by atoms with van der Waals surface area (Å²) in [7, 11) is 0. The van der Waals surface area contributed by atoms with Crippen molar-refractivity contribution in [3.05, 3.63) is 356 Å². The minimum absolute atomic E-state index is 0.0640. The van der Waals surface area contributed by atoms with Crippen molar-refractivity contribution in [2.75, 3.05) is 14.7 Å². The molecule has 0 atom stereocenters. The molecule has 0 radical (unpaired) electrons. The second-order valence-corrected chi connectivity index (χ2v) is 24.0. The van der Waals surface area contributed by atoms with Gasteiger partial charge in [0.25, 0.3) is 0 Å². The standard InChI is InChI=1S/C87H56F6N6/c88-86(89,90)58-51-53-68-66-41-19-24-46-74(66)98(79(68)55-58)84-73(57-94)85(99-75-47-25-20-42-67(75)69-54-52-59(56-80(69)99)87(91,92)93)83(72-45-23-28-50-78(72)97(64-37-15-5-16-38-64)65-39-17-6-18-40-65)81(70-43-21-26-48-76(70)95(60-29-7-1-8-30-60)61-31-9-2-10-32-61)82(84)71-44-22-27-49-77(71)96(62-33-11-3-12-34-62)63-35-13-4-14-36-63/h1-56H. The van der Waals surface area contributed by atoms with E-state index in [2.05, 4.69) is 20.8 Å². The maximum atomic E-state index is 15.8. The van der Waals surface area contributed by atoms with Crippen LogP contribution < -0.4 is 14.7 Å². The lowest BCUT2D eigenvalue weighted by molar-refractivity contribution is -0.138. The molecule has 2 heterocycles. The van der Waals surface area contributed by atoms with Gasteiger partial charge < -0.3 is 23.8 Å². The van der Waals surface area contributed by atoms with Crippen LogP contribution in [0.2, 0.25) is 0 Å². The van der Waals surface area contributed by atoms with Crippen molar-refractivity contribution in [3.63, 3.8) is 0 Å². The van der Waals surface area contributed by atoms with Crippen molar-refractivity contribution in [1.82, 2.24) is 9.13 Å². The first-order valence-corrected chi connectivity index (χ1v) is 32.3. The highest BCUT2D eigenvalue weighted by Crippen LogP contribution is 2.59. The summed E-state index contributed by atoms with van der Waals surface area (Å²) < 4.78 is 98.6. The van der Waals surface area contributed by atoms with Gasteiger partial charge in [-0.3, -0.25) is 0 Å². The third kappa shape index (κ3) is 10.7. The fourth-order valence-electron chi connectivity index (χ4n) is 14.2. The summed E-state index contributed by atoms with van der Waals surface area (Å²) in [5.74, 6) is 0. The molecule has 16 rings (SSSR count). The monoisotopic (exact) mass is 1300 g/mol. The Hall–Kier alpha value is -12.9. The molecule has 0 bridgehead atoms. The smallest absolute Gasteiger partial charge is 0.310 e. The van der Waals surface area contributed by atoms with E-state index in [9.17, 15) is 5.26 Å². The second-order valence-electron chi connectivity index (χ2n) is 24.0. The summed E-state index contributed by atoms with van der Waals surface area (Å²) in [4.78, 5) is 6.42. The molecule has 0 fully saturated rings. The Bertz CT molecular complexity index is 5330. The van der Waals surface area contributed by atoms with Crippen molar-refractivity contribution in [1.29, 1.82) is 5.26 Å². The molecule has 0 amide bonds. The molecule has 2 aromatic heterocycles. The summed E-state index contributed by atoms with van der Waals surface area (Å²) >= 11 is 0. The number of anilines is 9. The summed E-state index contributed by atoms with van der Waals surface area (Å²) in [5, 5.41) is 15.4. The minimum atomic E-state index is -4.83. The number of rotatable bonds is 14. The predicted octanol–water partition coefficient (Wildman–Crippen LogP) is 25.2. The van der Waals surface area contributed by atoms with E-state index in [0.29, 0.717) is 83.0 Å². The van der Waals surface area contributed by atoms with Crippen molar-refractivity contribution in [2.45, 2.75) is 12.4 Å². The molecule has 6 nitrogen and oxygen atoms in total. The SMILES string of the molecule is N#Cc1c(-n2c3ccccc3c3ccc(C(F)(F)F)cc32)c(-c2ccccc2N(c2ccccc2)c2ccccc2)c(-c2ccccc2N(c2ccccc2)c2ccccc2)c(-c2ccccc2N(c2ccccc2)c2ccccc2)c1-n1c2ccccc2c2ccc(C(F)(F)F)cc21. The van der Waals surface area contributed by atoms with Crippen LogP contribution in [0, 0.1) is 11.3 Å². The van der Waals surface area contributed by atoms with Gasteiger partial charge in [-0.1, -0.05) is 212 Å². The molecular formula is C87H56F6N6. The summed E-state index contributed by atoms with van der Waals surface area (Å²) in [6, 6.07) is 108. The number of hydrogen-bond donors (Lipinski definition) is 0. The maximum Gasteiger partial charge on any atom is 0.416 e. The molecule has 0 aliphatic carbocycles. The van der Waals surface area contributed by atoms with Gasteiger partial charge in [-0.2, -0.15) is 31.6 Å². The molecule has 99 heavy (non-hydrogen) atoms. The third-order valence-electron chi connectivity index (χ3n) is 18.3. The zero-order chi connectivity index (χ0) is 67.4. The number of fused-ring (bicyclic) bond motifs is 6. The molecule has 0 N–H and O–H groups in total. The molecule has 0 saturated carbocycles. The average Bonchev–Trinajstić information content (AvgIpc) is 1.67. The van der Waals surface area contributed by atoms with E-state index in [0.717, 1.165) is 58.4 Å². The minimum Gasteiger partial charge on any atom is -0.310 e. The van der Waals surface area contributed by atoms with Crippen LogP contribution in [0.5, 0.6) is 0 Å². The van der Waals surface area contributed by atoms with E-state index < -0.39 is 23.5 Å². The van der Waals surface area contributed by atoms with Crippen LogP contribution in [0.1, 0.15) is 16.7 Å². The lowest BCUT2D eigenvalue weighted by Crippen LogP contribution is -2.16. The van der Waals surface area contributed by atoms with E-state index in [1.807, 2.05) is 303 Å². The number of benzene rings is 14. The van der Waals surface area contributed by atoms with Crippen LogP contribution in [0.15, 0.2) is 340 Å². The zero-order valence-corrected chi connectivity index (χ0v) is 52.8. The predicted molar refractivity (Wildman–Crippen MR) is 390 cm³/mol. The van der Waals surface area contributed by atoms with E-state index in [1.54, 1.807) is 9.13 Å². The van der Waals surface area contributed by atoms with Gasteiger partial charge in [0.2, 0.25) is 0 Å². The molecule has 12 heteroatoms. The van der Waals surface area contributed by atoms with Gasteiger partial charge in [0.05, 0.1) is 61.6 Å². The van der Waals surface area contributed by atoms with Gasteiger partial charge in [-0.15, -0.1) is 0 Å². The highest BCUT2D eigenvalue weighted by molar-refractivity contribution is 6.18. The highest BCUT2D eigenvalue weighted by Gasteiger charge is 2.39. The fraction of sp³-hybridized carbons (Fsp3) is 0.0230. The van der Waals surface area contributed by atoms with E-state index in [1.165, 1.54) is 12.1 Å². The zero-order valence-electron chi connectivity index (χ0n) is 52.8. The normalized spacial score (nSPS) is 11.7. The first kappa shape index (κ1) is 61.1. The van der Waals surface area contributed by atoms with Crippen LogP contribution in [-0.2, 0) is 12.4 Å². The van der Waals surface area contributed by atoms with E-state index in [4.69, 9.17) is 0 Å². The van der Waals surface area contributed by atoms with Gasteiger partial charge in [0.1, 0.15) is 11.6 Å². The van der Waals surface area contributed by atoms with Crippen molar-refractivity contribution < 1.29 is 26.3 Å². The van der Waals surface area contributed by atoms with Gasteiger partial charge in [-0.05, 0) is 127 Å². The molecule has 476 valence electrons. The quantitative estimate of drug-likeness (QED) is 0.102. The molecule has 0 unspecified atom stereocenters. The molecule has 0 saturated heterocycles. The number of nitrogens with zero attached hydrogens (tertiary/aromatic N) is 6. The molecule has 0 spiro atoms. The van der Waals surface area contributed by atoms with Gasteiger partial charge in [0.15, 0.2) is 0 Å². The molecule has 16 aromatic rings. The number of nitriles is 1. The Balaban J connectivity index is 1.24. The third-order valence-corrected chi connectivity index (χ3v) is 18.3. The largest absolute Gasteiger partial charge is 0.416 e. The number of hydrogen-bond acceptors (Lipinski definition) is 4. The summed E-state index contributed by atoms with van der Waals surface area (Å²) in [5.41, 5.74) is 8.99. The van der Waals surface area contributed by atoms with Crippen molar-refractivity contribution >= 4 is 94.8 Å². The Morgan fingerprint density at radius 3 is 0.808 bits per heavy atom. The highest BCUT2D eigenvalue weighted by atomic mass is 19.4. The topological polar surface area (TPSA) is 43.4 Å². The number of aromatic nitrogens is 2. The summed E-state index contributed by atoms with van der Waals surface area (Å²) in [6.07, 6.45) is -9.67. The van der Waals surface area contributed by atoms with Gasteiger partial charge in [0, 0.05) is 89.0 Å². The number of para-hydroxylation sites is 11. The van der Waals surface area contributed by atoms with Gasteiger partial charge in [-0.25, -0.2) is 0 Å². The lowest BCUT2D eigenvalue weighted by Gasteiger charge is -2.34. The van der Waals surface area contributed by atoms with Crippen LogP contribution in [-0.4, -0.2) is 9.13 Å². The number of halogens is 6. The molecule has 0 aliphatic rings. The number of alkyl halides is 6. The Morgan fingerprint density at radius 1 is 0.263 bits per heavy atom. The van der Waals surface area contributed by atoms with Crippen LogP contribution in [0.4, 0.5) is 77.5 Å².